The Balaban J connectivity index is 1.73. The number of para-hydroxylation sites is 1. The monoisotopic (exact) mass is 389 g/mol. The number of anilines is 1. The second-order valence-electron chi connectivity index (χ2n) is 6.42. The van der Waals surface area contributed by atoms with Crippen LogP contribution in [0.4, 0.5) is 5.69 Å². The highest BCUT2D eigenvalue weighted by Crippen LogP contribution is 2.18. The van der Waals surface area contributed by atoms with Crippen LogP contribution in [0.5, 0.6) is 5.75 Å². The molecule has 29 heavy (non-hydrogen) atoms. The van der Waals surface area contributed by atoms with Gasteiger partial charge in [-0.15, -0.1) is 0 Å². The fourth-order valence-electron chi connectivity index (χ4n) is 2.88. The summed E-state index contributed by atoms with van der Waals surface area (Å²) in [6, 6.07) is 24.9. The van der Waals surface area contributed by atoms with Crippen LogP contribution in [0, 0.1) is 0 Å². The van der Waals surface area contributed by atoms with E-state index in [0.717, 1.165) is 11.3 Å². The van der Waals surface area contributed by atoms with E-state index in [1.807, 2.05) is 42.5 Å². The first-order chi connectivity index (χ1) is 14.2. The number of nitrogens with one attached hydrogen (secondary N) is 1. The molecule has 1 N–H and O–H groups in total. The van der Waals surface area contributed by atoms with E-state index in [1.165, 1.54) is 0 Å². The highest BCUT2D eigenvalue weighted by atomic mass is 16.5. The highest BCUT2D eigenvalue weighted by Gasteiger charge is 2.20. The average molecular weight is 389 g/mol. The van der Waals surface area contributed by atoms with Crippen molar-refractivity contribution in [3.8, 4) is 5.75 Å². The molecule has 1 unspecified atom stereocenters. The molecule has 3 rings (SSSR count). The molecule has 5 heteroatoms. The predicted octanol–water partition coefficient (Wildman–Crippen LogP) is 4.49. The molecule has 0 aliphatic heterocycles. The lowest BCUT2D eigenvalue weighted by atomic mass is 10.1. The molecule has 0 aliphatic carbocycles. The standard InChI is InChI=1S/C24H23NO4/c1-2-28-24(27)22(25-20-13-7-4-8-14-20)17-18-10-9-15-21(16-18)29-23(26)19-11-5-3-6-12-19/h3-16,22,25H,2,17H2,1H3. The van der Waals surface area contributed by atoms with E-state index in [4.69, 9.17) is 9.47 Å². The molecule has 0 saturated heterocycles. The molecule has 0 aliphatic rings. The summed E-state index contributed by atoms with van der Waals surface area (Å²) in [6.07, 6.45) is 0.393. The fourth-order valence-corrected chi connectivity index (χ4v) is 2.88. The van der Waals surface area contributed by atoms with Gasteiger partial charge in [0.05, 0.1) is 12.2 Å². The van der Waals surface area contributed by atoms with E-state index in [1.54, 1.807) is 49.4 Å². The normalized spacial score (nSPS) is 11.3. The molecular weight excluding hydrogens is 366 g/mol. The second kappa shape index (κ2) is 10.1. The van der Waals surface area contributed by atoms with E-state index in [-0.39, 0.29) is 5.97 Å². The van der Waals surface area contributed by atoms with Crippen molar-refractivity contribution in [1.29, 1.82) is 0 Å². The highest BCUT2D eigenvalue weighted by molar-refractivity contribution is 5.91. The lowest BCUT2D eigenvalue weighted by Crippen LogP contribution is -2.33. The van der Waals surface area contributed by atoms with Gasteiger partial charge in [0.1, 0.15) is 11.8 Å². The van der Waals surface area contributed by atoms with Crippen LogP contribution in [0.3, 0.4) is 0 Å². The Bertz CT molecular complexity index is 941. The quantitative estimate of drug-likeness (QED) is 0.454. The van der Waals surface area contributed by atoms with Gasteiger partial charge in [0, 0.05) is 12.1 Å². The molecule has 5 nitrogen and oxygen atoms in total. The molecule has 3 aromatic rings. The third-order valence-electron chi connectivity index (χ3n) is 4.24. The maximum absolute atomic E-state index is 12.4. The summed E-state index contributed by atoms with van der Waals surface area (Å²) in [6.45, 7) is 2.08. The van der Waals surface area contributed by atoms with Crippen LogP contribution in [-0.4, -0.2) is 24.6 Å². The molecule has 148 valence electrons. The Labute approximate surface area is 170 Å². The van der Waals surface area contributed by atoms with Gasteiger partial charge in [0.15, 0.2) is 0 Å². The molecule has 0 radical (unpaired) electrons. The summed E-state index contributed by atoms with van der Waals surface area (Å²) in [4.78, 5) is 24.7. The second-order valence-corrected chi connectivity index (χ2v) is 6.42. The van der Waals surface area contributed by atoms with Crippen molar-refractivity contribution >= 4 is 17.6 Å². The Morgan fingerprint density at radius 2 is 1.59 bits per heavy atom. The largest absolute Gasteiger partial charge is 0.464 e. The SMILES string of the molecule is CCOC(=O)C(Cc1cccc(OC(=O)c2ccccc2)c1)Nc1ccccc1. The molecule has 1 atom stereocenters. The van der Waals surface area contributed by atoms with Crippen LogP contribution in [-0.2, 0) is 16.0 Å². The lowest BCUT2D eigenvalue weighted by Gasteiger charge is -2.19. The van der Waals surface area contributed by atoms with Gasteiger partial charge < -0.3 is 14.8 Å². The molecular formula is C24H23NO4. The van der Waals surface area contributed by atoms with Gasteiger partial charge in [-0.1, -0.05) is 48.5 Å². The van der Waals surface area contributed by atoms with Gasteiger partial charge in [0.2, 0.25) is 0 Å². The van der Waals surface area contributed by atoms with Crippen LogP contribution < -0.4 is 10.1 Å². The first kappa shape index (κ1) is 20.1. The van der Waals surface area contributed by atoms with Crippen molar-refractivity contribution in [3.05, 3.63) is 96.1 Å². The molecule has 0 fully saturated rings. The van der Waals surface area contributed by atoms with Gasteiger partial charge in [-0.2, -0.15) is 0 Å². The number of rotatable bonds is 8. The average Bonchev–Trinajstić information content (AvgIpc) is 2.75. The zero-order valence-electron chi connectivity index (χ0n) is 16.2. The molecule has 0 aromatic heterocycles. The Hall–Kier alpha value is -3.60. The minimum absolute atomic E-state index is 0.306. The van der Waals surface area contributed by atoms with E-state index in [2.05, 4.69) is 5.32 Å². The predicted molar refractivity (Wildman–Crippen MR) is 112 cm³/mol. The van der Waals surface area contributed by atoms with Gasteiger partial charge in [0.25, 0.3) is 0 Å². The van der Waals surface area contributed by atoms with E-state index in [0.29, 0.717) is 24.3 Å². The molecule has 0 bridgehead atoms. The maximum atomic E-state index is 12.4. The first-order valence-corrected chi connectivity index (χ1v) is 9.50. The van der Waals surface area contributed by atoms with Crippen LogP contribution in [0.1, 0.15) is 22.8 Å². The molecule has 0 saturated carbocycles. The van der Waals surface area contributed by atoms with E-state index >= 15 is 0 Å². The molecule has 0 spiro atoms. The van der Waals surface area contributed by atoms with Crippen molar-refractivity contribution in [2.24, 2.45) is 0 Å². The van der Waals surface area contributed by atoms with Crippen LogP contribution in [0.25, 0.3) is 0 Å². The number of hydrogen-bond acceptors (Lipinski definition) is 5. The Kier molecular flexibility index (Phi) is 7.00. The van der Waals surface area contributed by atoms with E-state index < -0.39 is 12.0 Å². The summed E-state index contributed by atoms with van der Waals surface area (Å²) < 4.78 is 10.7. The lowest BCUT2D eigenvalue weighted by molar-refractivity contribution is -0.144. The summed E-state index contributed by atoms with van der Waals surface area (Å²) in [5.74, 6) is -0.325. The third kappa shape index (κ3) is 5.94. The Morgan fingerprint density at radius 3 is 2.28 bits per heavy atom. The van der Waals surface area contributed by atoms with Crippen LogP contribution >= 0.6 is 0 Å². The van der Waals surface area contributed by atoms with Crippen molar-refractivity contribution < 1.29 is 19.1 Å². The maximum Gasteiger partial charge on any atom is 0.343 e. The number of benzene rings is 3. The number of carbonyl (C=O) groups excluding carboxylic acids is 2. The number of carbonyl (C=O) groups is 2. The van der Waals surface area contributed by atoms with E-state index in [9.17, 15) is 9.59 Å². The molecule has 0 heterocycles. The van der Waals surface area contributed by atoms with Crippen LogP contribution in [0.2, 0.25) is 0 Å². The van der Waals surface area contributed by atoms with Gasteiger partial charge in [-0.05, 0) is 48.9 Å². The first-order valence-electron chi connectivity index (χ1n) is 9.50. The number of ether oxygens (including phenoxy) is 2. The van der Waals surface area contributed by atoms with Gasteiger partial charge >= 0.3 is 11.9 Å². The molecule has 0 amide bonds. The van der Waals surface area contributed by atoms with Crippen molar-refractivity contribution in [2.75, 3.05) is 11.9 Å². The summed E-state index contributed by atoms with van der Waals surface area (Å²) in [7, 11) is 0. The topological polar surface area (TPSA) is 64.6 Å². The zero-order chi connectivity index (χ0) is 20.5. The van der Waals surface area contributed by atoms with Crippen LogP contribution in [0.15, 0.2) is 84.9 Å². The van der Waals surface area contributed by atoms with Crippen molar-refractivity contribution in [3.63, 3.8) is 0 Å². The van der Waals surface area contributed by atoms with Gasteiger partial charge in [-0.3, -0.25) is 0 Å². The molecule has 3 aromatic carbocycles. The Morgan fingerprint density at radius 1 is 0.897 bits per heavy atom. The summed E-state index contributed by atoms with van der Waals surface area (Å²) in [5, 5.41) is 3.22. The zero-order valence-corrected chi connectivity index (χ0v) is 16.2. The minimum atomic E-state index is -0.558. The summed E-state index contributed by atoms with van der Waals surface area (Å²) in [5.41, 5.74) is 2.16. The number of hydrogen-bond donors (Lipinski definition) is 1. The smallest absolute Gasteiger partial charge is 0.343 e. The van der Waals surface area contributed by atoms with Crippen molar-refractivity contribution in [2.45, 2.75) is 19.4 Å². The fraction of sp³-hybridized carbons (Fsp3) is 0.167. The van der Waals surface area contributed by atoms with Gasteiger partial charge in [-0.25, -0.2) is 9.59 Å². The van der Waals surface area contributed by atoms with Crippen molar-refractivity contribution in [1.82, 2.24) is 0 Å². The minimum Gasteiger partial charge on any atom is -0.464 e. The summed E-state index contributed by atoms with van der Waals surface area (Å²) >= 11 is 0. The number of esters is 2. The third-order valence-corrected chi connectivity index (χ3v) is 4.24.